The monoisotopic (exact) mass is 193 g/mol. The summed E-state index contributed by atoms with van der Waals surface area (Å²) < 4.78 is 5.08. The van der Waals surface area contributed by atoms with Crippen molar-refractivity contribution in [3.05, 3.63) is 0 Å². The molecule has 2 atom stereocenters. The molecule has 0 amide bonds. The van der Waals surface area contributed by atoms with Crippen LogP contribution in [-0.4, -0.2) is 46.6 Å². The molecular weight excluding hydrogens is 174 g/mol. The smallest absolute Gasteiger partial charge is 0.214 e. The van der Waals surface area contributed by atoms with E-state index in [4.69, 9.17) is 14.9 Å². The van der Waals surface area contributed by atoms with Gasteiger partial charge in [-0.1, -0.05) is 0 Å². The standard InChI is InChI=1S/C8H19NO4/c1-8(2,3)13-7(12)9-4-6(11)5-10/h6-7,9-12H,4-5H2,1-3H3/t6-,7?/m0/s1. The van der Waals surface area contributed by atoms with Gasteiger partial charge in [0.05, 0.1) is 18.3 Å². The van der Waals surface area contributed by atoms with Crippen molar-refractivity contribution in [1.29, 1.82) is 0 Å². The number of aliphatic hydroxyl groups excluding tert-OH is 3. The first kappa shape index (κ1) is 12.8. The van der Waals surface area contributed by atoms with Crippen LogP contribution in [0.3, 0.4) is 0 Å². The second-order valence-electron chi connectivity index (χ2n) is 3.83. The van der Waals surface area contributed by atoms with E-state index in [9.17, 15) is 5.11 Å². The number of rotatable bonds is 5. The van der Waals surface area contributed by atoms with Gasteiger partial charge >= 0.3 is 0 Å². The van der Waals surface area contributed by atoms with E-state index in [2.05, 4.69) is 5.32 Å². The van der Waals surface area contributed by atoms with Gasteiger partial charge in [0.15, 0.2) is 0 Å². The predicted molar refractivity (Wildman–Crippen MR) is 47.9 cm³/mol. The molecule has 0 aromatic heterocycles. The highest BCUT2D eigenvalue weighted by Crippen LogP contribution is 2.07. The summed E-state index contributed by atoms with van der Waals surface area (Å²) in [7, 11) is 0. The Kier molecular flexibility index (Phi) is 5.43. The lowest BCUT2D eigenvalue weighted by molar-refractivity contribution is -0.183. The number of hydrogen-bond acceptors (Lipinski definition) is 5. The van der Waals surface area contributed by atoms with Gasteiger partial charge in [0.25, 0.3) is 0 Å². The van der Waals surface area contributed by atoms with Crippen molar-refractivity contribution in [2.24, 2.45) is 0 Å². The van der Waals surface area contributed by atoms with E-state index >= 15 is 0 Å². The first-order chi connectivity index (χ1) is 5.85. The highest BCUT2D eigenvalue weighted by molar-refractivity contribution is 4.61. The average Bonchev–Trinajstić information content (AvgIpc) is 1.97. The Hall–Kier alpha value is -0.200. The van der Waals surface area contributed by atoms with Gasteiger partial charge in [-0.2, -0.15) is 0 Å². The van der Waals surface area contributed by atoms with Crippen LogP contribution >= 0.6 is 0 Å². The molecule has 0 aromatic carbocycles. The van der Waals surface area contributed by atoms with Crippen LogP contribution in [0.1, 0.15) is 20.8 Å². The third kappa shape index (κ3) is 8.14. The second kappa shape index (κ2) is 5.51. The van der Waals surface area contributed by atoms with Crippen LogP contribution in [0.2, 0.25) is 0 Å². The zero-order chi connectivity index (χ0) is 10.5. The van der Waals surface area contributed by atoms with E-state index in [1.165, 1.54) is 0 Å². The minimum atomic E-state index is -1.12. The molecule has 0 aliphatic rings. The number of ether oxygens (including phenoxy) is 1. The van der Waals surface area contributed by atoms with Crippen LogP contribution in [-0.2, 0) is 4.74 Å². The topological polar surface area (TPSA) is 82.0 Å². The van der Waals surface area contributed by atoms with E-state index in [0.29, 0.717) is 0 Å². The predicted octanol–water partition coefficient (Wildman–Crippen LogP) is -0.980. The van der Waals surface area contributed by atoms with Gasteiger partial charge in [-0.25, -0.2) is 0 Å². The Bertz CT molecular complexity index is 135. The van der Waals surface area contributed by atoms with Crippen molar-refractivity contribution in [3.63, 3.8) is 0 Å². The third-order valence-electron chi connectivity index (χ3n) is 1.20. The fourth-order valence-electron chi connectivity index (χ4n) is 0.678. The van der Waals surface area contributed by atoms with Gasteiger partial charge in [-0.05, 0) is 20.8 Å². The lowest BCUT2D eigenvalue weighted by Crippen LogP contribution is -2.42. The van der Waals surface area contributed by atoms with Gasteiger partial charge in [0, 0.05) is 6.54 Å². The van der Waals surface area contributed by atoms with Crippen LogP contribution in [0.15, 0.2) is 0 Å². The van der Waals surface area contributed by atoms with Crippen molar-refractivity contribution >= 4 is 0 Å². The summed E-state index contributed by atoms with van der Waals surface area (Å²) in [6.07, 6.45) is -2.00. The summed E-state index contributed by atoms with van der Waals surface area (Å²) >= 11 is 0. The highest BCUT2D eigenvalue weighted by atomic mass is 16.6. The number of aliphatic hydroxyl groups is 3. The van der Waals surface area contributed by atoms with Crippen LogP contribution < -0.4 is 5.32 Å². The van der Waals surface area contributed by atoms with E-state index in [1.54, 1.807) is 20.8 Å². The quantitative estimate of drug-likeness (QED) is 0.422. The first-order valence-electron chi connectivity index (χ1n) is 4.23. The summed E-state index contributed by atoms with van der Waals surface area (Å²) in [5.41, 5.74) is -0.448. The molecule has 5 heteroatoms. The molecule has 5 nitrogen and oxygen atoms in total. The number of nitrogens with one attached hydrogen (secondary N) is 1. The van der Waals surface area contributed by atoms with Gasteiger partial charge in [0.2, 0.25) is 6.41 Å². The molecule has 0 radical (unpaired) electrons. The fourth-order valence-corrected chi connectivity index (χ4v) is 0.678. The molecule has 0 aromatic rings. The third-order valence-corrected chi connectivity index (χ3v) is 1.20. The fraction of sp³-hybridized carbons (Fsp3) is 1.00. The van der Waals surface area contributed by atoms with Gasteiger partial charge < -0.3 is 20.1 Å². The molecule has 0 heterocycles. The van der Waals surface area contributed by atoms with Crippen LogP contribution in [0, 0.1) is 0 Å². The Morgan fingerprint density at radius 2 is 1.85 bits per heavy atom. The normalized spacial score (nSPS) is 17.1. The minimum absolute atomic E-state index is 0.0910. The Morgan fingerprint density at radius 3 is 2.23 bits per heavy atom. The van der Waals surface area contributed by atoms with Crippen molar-refractivity contribution in [3.8, 4) is 0 Å². The molecule has 0 bridgehead atoms. The molecule has 0 spiro atoms. The maximum atomic E-state index is 9.20. The summed E-state index contributed by atoms with van der Waals surface area (Å²) in [5.74, 6) is 0. The molecule has 13 heavy (non-hydrogen) atoms. The molecule has 0 saturated heterocycles. The average molecular weight is 193 g/mol. The summed E-state index contributed by atoms with van der Waals surface area (Å²) in [4.78, 5) is 0. The van der Waals surface area contributed by atoms with Crippen molar-refractivity contribution < 1.29 is 20.1 Å². The lowest BCUT2D eigenvalue weighted by atomic mass is 10.2. The van der Waals surface area contributed by atoms with Crippen molar-refractivity contribution in [2.75, 3.05) is 13.2 Å². The molecule has 0 saturated carbocycles. The molecule has 0 aliphatic heterocycles. The molecule has 80 valence electrons. The maximum absolute atomic E-state index is 9.20. The zero-order valence-electron chi connectivity index (χ0n) is 8.32. The SMILES string of the molecule is CC(C)(C)OC(O)NC[C@H](O)CO. The van der Waals surface area contributed by atoms with Crippen molar-refractivity contribution in [1.82, 2.24) is 5.32 Å². The van der Waals surface area contributed by atoms with E-state index in [-0.39, 0.29) is 13.2 Å². The highest BCUT2D eigenvalue weighted by Gasteiger charge is 2.16. The Balaban J connectivity index is 3.57. The second-order valence-corrected chi connectivity index (χ2v) is 3.83. The lowest BCUT2D eigenvalue weighted by Gasteiger charge is -2.24. The first-order valence-corrected chi connectivity index (χ1v) is 4.23. The van der Waals surface area contributed by atoms with E-state index in [1.807, 2.05) is 0 Å². The Labute approximate surface area is 78.3 Å². The van der Waals surface area contributed by atoms with Gasteiger partial charge in [-0.15, -0.1) is 0 Å². The molecule has 0 aliphatic carbocycles. The largest absolute Gasteiger partial charge is 0.394 e. The van der Waals surface area contributed by atoms with Crippen LogP contribution in [0.5, 0.6) is 0 Å². The molecular formula is C8H19NO4. The maximum Gasteiger partial charge on any atom is 0.214 e. The minimum Gasteiger partial charge on any atom is -0.394 e. The summed E-state index contributed by atoms with van der Waals surface area (Å²) in [5, 5.41) is 29.1. The number of hydrogen-bond donors (Lipinski definition) is 4. The van der Waals surface area contributed by atoms with Gasteiger partial charge in [-0.3, -0.25) is 5.32 Å². The van der Waals surface area contributed by atoms with Crippen molar-refractivity contribution in [2.45, 2.75) is 38.9 Å². The molecule has 1 unspecified atom stereocenters. The molecule has 0 rings (SSSR count). The zero-order valence-corrected chi connectivity index (χ0v) is 8.32. The Morgan fingerprint density at radius 1 is 1.31 bits per heavy atom. The van der Waals surface area contributed by atoms with E-state index in [0.717, 1.165) is 0 Å². The summed E-state index contributed by atoms with van der Waals surface area (Å²) in [6, 6.07) is 0. The molecule has 0 fully saturated rings. The van der Waals surface area contributed by atoms with E-state index < -0.39 is 18.1 Å². The van der Waals surface area contributed by atoms with Crippen LogP contribution in [0.25, 0.3) is 0 Å². The van der Waals surface area contributed by atoms with Gasteiger partial charge in [0.1, 0.15) is 0 Å². The molecule has 4 N–H and O–H groups in total. The summed E-state index contributed by atoms with van der Waals surface area (Å²) in [6.45, 7) is 5.17. The van der Waals surface area contributed by atoms with Crippen LogP contribution in [0.4, 0.5) is 0 Å².